The second kappa shape index (κ2) is 14.7. The summed E-state index contributed by atoms with van der Waals surface area (Å²) in [4.78, 5) is 18.1. The van der Waals surface area contributed by atoms with Crippen molar-refractivity contribution in [1.29, 1.82) is 0 Å². The molecule has 2 fully saturated rings. The lowest BCUT2D eigenvalue weighted by atomic mass is 9.90. The van der Waals surface area contributed by atoms with Crippen molar-refractivity contribution in [2.24, 2.45) is 0 Å². The summed E-state index contributed by atoms with van der Waals surface area (Å²) in [7, 11) is 0. The number of amides is 1. The maximum atomic E-state index is 13.6. The Bertz CT molecular complexity index is 1430. The summed E-state index contributed by atoms with van der Waals surface area (Å²) in [5.74, 6) is 0.698. The van der Waals surface area contributed by atoms with Crippen molar-refractivity contribution in [3.63, 3.8) is 0 Å². The van der Waals surface area contributed by atoms with Gasteiger partial charge >= 0.3 is 0 Å². The first-order valence-corrected chi connectivity index (χ1v) is 16.0. The second-order valence-corrected chi connectivity index (χ2v) is 12.0. The molecule has 4 aromatic rings. The van der Waals surface area contributed by atoms with Crippen molar-refractivity contribution < 1.29 is 13.9 Å². The van der Waals surface area contributed by atoms with Gasteiger partial charge in [0.1, 0.15) is 17.7 Å². The molecule has 0 saturated carbocycles. The number of carbonyl (C=O) groups excluding carboxylic acids is 1. The number of carbonyl (C=O) groups is 1. The Morgan fingerprint density at radius 3 is 2.05 bits per heavy atom. The molecule has 2 aliphatic rings. The van der Waals surface area contributed by atoms with Crippen LogP contribution in [0.25, 0.3) is 0 Å². The van der Waals surface area contributed by atoms with Gasteiger partial charge in [-0.2, -0.15) is 0 Å². The Morgan fingerprint density at radius 1 is 0.773 bits per heavy atom. The molecule has 2 saturated heterocycles. The average Bonchev–Trinajstić information content (AvgIpc) is 3.61. The van der Waals surface area contributed by atoms with Gasteiger partial charge in [0, 0.05) is 37.7 Å². The molecule has 0 aromatic heterocycles. The van der Waals surface area contributed by atoms with Crippen molar-refractivity contribution in [2.75, 3.05) is 39.3 Å². The molecule has 0 bridgehead atoms. The predicted molar refractivity (Wildman–Crippen MR) is 174 cm³/mol. The Kier molecular flexibility index (Phi) is 10.0. The highest BCUT2D eigenvalue weighted by molar-refractivity contribution is 5.94. The summed E-state index contributed by atoms with van der Waals surface area (Å²) in [6, 6.07) is 35.7. The van der Waals surface area contributed by atoms with Crippen LogP contribution >= 0.6 is 0 Å². The number of halogens is 1. The van der Waals surface area contributed by atoms with Gasteiger partial charge in [-0.1, -0.05) is 78.9 Å². The SMILES string of the molecule is O=C(NCC(c1ccc(F)cc1)N1CCCC1)c1cccc(OC2CCN(CC(c3ccccc3)c3ccccc3)CC2)c1. The average molecular weight is 592 g/mol. The number of benzene rings is 4. The minimum Gasteiger partial charge on any atom is -0.490 e. The lowest BCUT2D eigenvalue weighted by molar-refractivity contribution is 0.0928. The summed E-state index contributed by atoms with van der Waals surface area (Å²) in [6.45, 7) is 5.37. The second-order valence-electron chi connectivity index (χ2n) is 12.0. The minimum atomic E-state index is -0.246. The van der Waals surface area contributed by atoms with Crippen LogP contribution in [0.4, 0.5) is 4.39 Å². The van der Waals surface area contributed by atoms with Crippen LogP contribution in [-0.4, -0.2) is 61.1 Å². The highest BCUT2D eigenvalue weighted by Gasteiger charge is 2.26. The lowest BCUT2D eigenvalue weighted by Gasteiger charge is -2.34. The third-order valence-corrected chi connectivity index (χ3v) is 9.07. The van der Waals surface area contributed by atoms with Gasteiger partial charge in [-0.05, 0) is 85.8 Å². The standard InChI is InChI=1S/C38H42FN3O2/c39-33-18-16-31(17-19-33)37(42-22-7-8-23-42)27-40-38(43)32-14-9-15-35(26-32)44-34-20-24-41(25-21-34)28-36(29-10-3-1-4-11-29)30-12-5-2-6-13-30/h1-6,9-19,26,34,36-37H,7-8,20-25,27-28H2,(H,40,43). The molecule has 6 rings (SSSR count). The van der Waals surface area contributed by atoms with Crippen LogP contribution in [0.3, 0.4) is 0 Å². The van der Waals surface area contributed by atoms with Crippen LogP contribution in [0.1, 0.15) is 64.7 Å². The summed E-state index contributed by atoms with van der Waals surface area (Å²) >= 11 is 0. The molecule has 1 atom stereocenters. The molecule has 1 N–H and O–H groups in total. The van der Waals surface area contributed by atoms with Crippen molar-refractivity contribution in [3.05, 3.63) is 137 Å². The van der Waals surface area contributed by atoms with E-state index >= 15 is 0 Å². The molecular weight excluding hydrogens is 549 g/mol. The third kappa shape index (κ3) is 7.74. The molecule has 4 aromatic carbocycles. The monoisotopic (exact) mass is 591 g/mol. The molecule has 44 heavy (non-hydrogen) atoms. The molecule has 228 valence electrons. The molecule has 1 amide bonds. The Labute approximate surface area is 260 Å². The van der Waals surface area contributed by atoms with Gasteiger partial charge in [0.15, 0.2) is 0 Å². The quantitative estimate of drug-likeness (QED) is 0.203. The molecule has 2 heterocycles. The van der Waals surface area contributed by atoms with Crippen molar-refractivity contribution in [1.82, 2.24) is 15.1 Å². The number of nitrogens with one attached hydrogen (secondary N) is 1. The molecular formula is C38H42FN3O2. The first-order chi connectivity index (χ1) is 21.6. The van der Waals surface area contributed by atoms with E-state index in [9.17, 15) is 9.18 Å². The number of hydrogen-bond acceptors (Lipinski definition) is 4. The van der Waals surface area contributed by atoms with E-state index in [1.807, 2.05) is 36.4 Å². The number of ether oxygens (including phenoxy) is 1. The Morgan fingerprint density at radius 2 is 1.41 bits per heavy atom. The first kappa shape index (κ1) is 30.0. The van der Waals surface area contributed by atoms with E-state index in [-0.39, 0.29) is 23.9 Å². The Hall–Kier alpha value is -4.00. The van der Waals surface area contributed by atoms with E-state index in [4.69, 9.17) is 4.74 Å². The van der Waals surface area contributed by atoms with E-state index in [2.05, 4.69) is 75.8 Å². The van der Waals surface area contributed by atoms with E-state index in [0.29, 0.717) is 18.0 Å². The molecule has 0 spiro atoms. The third-order valence-electron chi connectivity index (χ3n) is 9.07. The van der Waals surface area contributed by atoms with Gasteiger partial charge in [0.2, 0.25) is 0 Å². The summed E-state index contributed by atoms with van der Waals surface area (Å²) in [6.07, 6.45) is 4.30. The van der Waals surface area contributed by atoms with Crippen molar-refractivity contribution in [3.8, 4) is 5.75 Å². The summed E-state index contributed by atoms with van der Waals surface area (Å²) < 4.78 is 20.0. The van der Waals surface area contributed by atoms with Gasteiger partial charge in [0.25, 0.3) is 5.91 Å². The number of nitrogens with zero attached hydrogens (tertiary/aromatic N) is 2. The molecule has 5 nitrogen and oxygen atoms in total. The number of rotatable bonds is 11. The van der Waals surface area contributed by atoms with Gasteiger partial charge in [-0.3, -0.25) is 9.69 Å². The minimum absolute atomic E-state index is 0.0232. The van der Waals surface area contributed by atoms with E-state index in [0.717, 1.165) is 69.7 Å². The molecule has 2 aliphatic heterocycles. The van der Waals surface area contributed by atoms with E-state index < -0.39 is 0 Å². The largest absolute Gasteiger partial charge is 0.490 e. The summed E-state index contributed by atoms with van der Waals surface area (Å²) in [5.41, 5.74) is 4.30. The lowest BCUT2D eigenvalue weighted by Crippen LogP contribution is -2.40. The van der Waals surface area contributed by atoms with Crippen LogP contribution in [0, 0.1) is 5.82 Å². The number of likely N-dealkylation sites (tertiary alicyclic amines) is 2. The zero-order valence-electron chi connectivity index (χ0n) is 25.3. The van der Waals surface area contributed by atoms with Crippen LogP contribution < -0.4 is 10.1 Å². The topological polar surface area (TPSA) is 44.8 Å². The van der Waals surface area contributed by atoms with Crippen LogP contribution in [0.5, 0.6) is 5.75 Å². The Balaban J connectivity index is 1.03. The van der Waals surface area contributed by atoms with Crippen LogP contribution in [-0.2, 0) is 0 Å². The fourth-order valence-electron chi connectivity index (χ4n) is 6.63. The zero-order chi connectivity index (χ0) is 30.1. The number of piperidine rings is 1. The van der Waals surface area contributed by atoms with Gasteiger partial charge < -0.3 is 15.0 Å². The van der Waals surface area contributed by atoms with Crippen molar-refractivity contribution >= 4 is 5.91 Å². The number of hydrogen-bond donors (Lipinski definition) is 1. The highest BCUT2D eigenvalue weighted by Crippen LogP contribution is 2.28. The maximum Gasteiger partial charge on any atom is 0.251 e. The van der Waals surface area contributed by atoms with Gasteiger partial charge in [-0.15, -0.1) is 0 Å². The van der Waals surface area contributed by atoms with Gasteiger partial charge in [-0.25, -0.2) is 4.39 Å². The first-order valence-electron chi connectivity index (χ1n) is 16.0. The normalized spacial score (nSPS) is 17.0. The molecule has 0 aliphatic carbocycles. The van der Waals surface area contributed by atoms with E-state index in [1.165, 1.54) is 23.3 Å². The molecule has 1 unspecified atom stereocenters. The predicted octanol–water partition coefficient (Wildman–Crippen LogP) is 7.07. The highest BCUT2D eigenvalue weighted by atomic mass is 19.1. The molecule has 0 radical (unpaired) electrons. The fraction of sp³-hybridized carbons (Fsp3) is 0.342. The van der Waals surface area contributed by atoms with Crippen LogP contribution in [0.15, 0.2) is 109 Å². The van der Waals surface area contributed by atoms with Crippen LogP contribution in [0.2, 0.25) is 0 Å². The van der Waals surface area contributed by atoms with Crippen molar-refractivity contribution in [2.45, 2.75) is 43.7 Å². The van der Waals surface area contributed by atoms with E-state index in [1.54, 1.807) is 0 Å². The fourth-order valence-corrected chi connectivity index (χ4v) is 6.63. The zero-order valence-corrected chi connectivity index (χ0v) is 25.3. The summed E-state index contributed by atoms with van der Waals surface area (Å²) in [5, 5.41) is 3.13. The van der Waals surface area contributed by atoms with Gasteiger partial charge in [0.05, 0.1) is 6.04 Å². The maximum absolute atomic E-state index is 13.6. The molecule has 6 heteroatoms. The smallest absolute Gasteiger partial charge is 0.251 e.